The normalized spacial score (nSPS) is 9.50. The highest BCUT2D eigenvalue weighted by Gasteiger charge is 2.04. The van der Waals surface area contributed by atoms with Gasteiger partial charge in [0.2, 0.25) is 0 Å². The quantitative estimate of drug-likeness (QED) is 0.430. The van der Waals surface area contributed by atoms with Crippen LogP contribution in [0, 0.1) is 6.92 Å². The number of rotatable bonds is 1. The molecule has 1 aromatic rings. The summed E-state index contributed by atoms with van der Waals surface area (Å²) in [5.74, 6) is -0.276. The summed E-state index contributed by atoms with van der Waals surface area (Å²) in [4.78, 5) is 11.1. The van der Waals surface area contributed by atoms with Gasteiger partial charge >= 0.3 is 5.97 Å². The molecule has 1 rings (SSSR count). The minimum atomic E-state index is -0.276. The van der Waals surface area contributed by atoms with Gasteiger partial charge in [0.05, 0.1) is 12.7 Å². The predicted molar refractivity (Wildman–Crippen MR) is 50.7 cm³/mol. The highest BCUT2D eigenvalue weighted by Crippen LogP contribution is 2.02. The summed E-state index contributed by atoms with van der Waals surface area (Å²) in [5, 5.41) is 0. The van der Waals surface area contributed by atoms with Crippen molar-refractivity contribution in [1.29, 1.82) is 0 Å². The average Bonchev–Trinajstić information content (AvgIpc) is 2.01. The molecule has 0 fully saturated rings. The zero-order chi connectivity index (χ0) is 9.14. The maximum absolute atomic E-state index is 11.1. The molecule has 2 nitrogen and oxygen atoms in total. The van der Waals surface area contributed by atoms with Crippen molar-refractivity contribution in [3.8, 4) is 0 Å². The fraction of sp³-hybridized carbons (Fsp3) is 0.222. The molecule has 12 heavy (non-hydrogen) atoms. The minimum Gasteiger partial charge on any atom is -0.465 e. The van der Waals surface area contributed by atoms with E-state index < -0.39 is 0 Å². The van der Waals surface area contributed by atoms with Gasteiger partial charge in [0.25, 0.3) is 0 Å². The summed E-state index contributed by atoms with van der Waals surface area (Å²) in [7, 11) is 3.35. The number of carbonyl (C=O) groups excluding carboxylic acids is 1. The van der Waals surface area contributed by atoms with Crippen LogP contribution in [0.25, 0.3) is 0 Å². The molecule has 0 aliphatic rings. The van der Waals surface area contributed by atoms with Crippen molar-refractivity contribution >= 4 is 19.3 Å². The number of carbonyl (C=O) groups is 1. The Morgan fingerprint density at radius 2 is 2.08 bits per heavy atom. The first-order valence-corrected chi connectivity index (χ1v) is 3.80. The predicted octanol–water partition coefficient (Wildman–Crippen LogP) is 0.0400. The van der Waals surface area contributed by atoms with Crippen LogP contribution in [0.15, 0.2) is 18.2 Å². The van der Waals surface area contributed by atoms with Crippen molar-refractivity contribution in [1.82, 2.24) is 0 Å². The number of hydrogen-bond donors (Lipinski definition) is 0. The van der Waals surface area contributed by atoms with Crippen molar-refractivity contribution in [2.45, 2.75) is 6.92 Å². The second-order valence-electron chi connectivity index (χ2n) is 2.87. The van der Waals surface area contributed by atoms with Crippen molar-refractivity contribution < 1.29 is 9.53 Å². The summed E-state index contributed by atoms with van der Waals surface area (Å²) in [6, 6.07) is 5.66. The molecule has 3 heteroatoms. The molecule has 0 amide bonds. The zero-order valence-corrected chi connectivity index (χ0v) is 7.55. The maximum Gasteiger partial charge on any atom is 0.337 e. The van der Waals surface area contributed by atoms with Crippen LogP contribution in [0.5, 0.6) is 0 Å². The number of ether oxygens (including phenoxy) is 1. The smallest absolute Gasteiger partial charge is 0.337 e. The van der Waals surface area contributed by atoms with Crippen LogP contribution in [0.2, 0.25) is 0 Å². The molecule has 1 aromatic carbocycles. The van der Waals surface area contributed by atoms with Crippen LogP contribution >= 0.6 is 0 Å². The van der Waals surface area contributed by atoms with Crippen molar-refractivity contribution in [2.24, 2.45) is 0 Å². The number of methoxy groups -OCH3 is 1. The fourth-order valence-electron chi connectivity index (χ4n) is 1.21. The lowest BCUT2D eigenvalue weighted by atomic mass is 9.92. The van der Waals surface area contributed by atoms with Crippen LogP contribution < -0.4 is 5.46 Å². The van der Waals surface area contributed by atoms with Gasteiger partial charge in [-0.1, -0.05) is 23.2 Å². The van der Waals surface area contributed by atoms with Gasteiger partial charge in [0.15, 0.2) is 0 Å². The van der Waals surface area contributed by atoms with Crippen molar-refractivity contribution in [3.05, 3.63) is 29.3 Å². The highest BCUT2D eigenvalue weighted by atomic mass is 16.5. The lowest BCUT2D eigenvalue weighted by Gasteiger charge is -2.02. The molecular formula is C9H11BO2. The Kier molecular flexibility index (Phi) is 2.53. The third-order valence-corrected chi connectivity index (χ3v) is 1.64. The number of benzene rings is 1. The van der Waals surface area contributed by atoms with Gasteiger partial charge in [-0.05, 0) is 13.0 Å². The van der Waals surface area contributed by atoms with Gasteiger partial charge in [0.1, 0.15) is 7.85 Å². The molecule has 0 aliphatic carbocycles. The molecule has 0 radical (unpaired) electrons. The summed E-state index contributed by atoms with van der Waals surface area (Å²) in [6.45, 7) is 1.96. The second kappa shape index (κ2) is 3.43. The molecule has 0 atom stereocenters. The Morgan fingerprint density at radius 1 is 1.42 bits per heavy atom. The third kappa shape index (κ3) is 1.88. The summed E-state index contributed by atoms with van der Waals surface area (Å²) >= 11 is 0. The molecule has 0 heterocycles. The Balaban J connectivity index is 3.08. The molecule has 0 unspecified atom stereocenters. The van der Waals surface area contributed by atoms with Gasteiger partial charge in [-0.3, -0.25) is 0 Å². The van der Waals surface area contributed by atoms with Gasteiger partial charge in [-0.2, -0.15) is 0 Å². The molecule has 0 N–H and O–H groups in total. The van der Waals surface area contributed by atoms with E-state index in [1.165, 1.54) is 7.11 Å². The number of hydrogen-bond acceptors (Lipinski definition) is 2. The van der Waals surface area contributed by atoms with Gasteiger partial charge in [-0.25, -0.2) is 4.79 Å². The molecule has 62 valence electrons. The van der Waals surface area contributed by atoms with E-state index in [-0.39, 0.29) is 5.97 Å². The fourth-order valence-corrected chi connectivity index (χ4v) is 1.21. The number of esters is 1. The SMILES string of the molecule is Bc1cc(C)cc(C(=O)OC)c1. The molecule has 0 aromatic heterocycles. The topological polar surface area (TPSA) is 26.3 Å². The molecule has 0 bridgehead atoms. The van der Waals surface area contributed by atoms with Crippen LogP contribution in [0.1, 0.15) is 15.9 Å². The highest BCUT2D eigenvalue weighted by molar-refractivity contribution is 6.32. The molecule has 0 saturated heterocycles. The molecular weight excluding hydrogens is 151 g/mol. The first-order chi connectivity index (χ1) is 5.63. The Bertz CT molecular complexity index is 287. The van der Waals surface area contributed by atoms with Crippen molar-refractivity contribution in [2.75, 3.05) is 7.11 Å². The average molecular weight is 162 g/mol. The van der Waals surface area contributed by atoms with Gasteiger partial charge in [0, 0.05) is 0 Å². The van der Waals surface area contributed by atoms with Crippen LogP contribution in [-0.4, -0.2) is 20.9 Å². The first kappa shape index (κ1) is 8.85. The van der Waals surface area contributed by atoms with E-state index in [9.17, 15) is 4.79 Å². The minimum absolute atomic E-state index is 0.276. The van der Waals surface area contributed by atoms with Crippen LogP contribution in [0.4, 0.5) is 0 Å². The van der Waals surface area contributed by atoms with Gasteiger partial charge in [-0.15, -0.1) is 0 Å². The van der Waals surface area contributed by atoms with E-state index in [1.54, 1.807) is 0 Å². The largest absolute Gasteiger partial charge is 0.465 e. The lowest BCUT2D eigenvalue weighted by molar-refractivity contribution is 0.0600. The van der Waals surface area contributed by atoms with E-state index in [2.05, 4.69) is 4.74 Å². The van der Waals surface area contributed by atoms with E-state index in [0.717, 1.165) is 11.0 Å². The monoisotopic (exact) mass is 162 g/mol. The summed E-state index contributed by atoms with van der Waals surface area (Å²) in [5.41, 5.74) is 2.78. The Labute approximate surface area is 73.0 Å². The van der Waals surface area contributed by atoms with E-state index in [0.29, 0.717) is 5.56 Å². The molecule has 0 spiro atoms. The Hall–Kier alpha value is -1.25. The van der Waals surface area contributed by atoms with Crippen molar-refractivity contribution in [3.63, 3.8) is 0 Å². The standard InChI is InChI=1S/C9H11BO2/c1-6-3-7(9(11)12-2)5-8(10)4-6/h3-5H,10H2,1-2H3. The van der Waals surface area contributed by atoms with E-state index in [1.807, 2.05) is 33.0 Å². The maximum atomic E-state index is 11.1. The lowest BCUT2D eigenvalue weighted by Crippen LogP contribution is -2.09. The summed E-state index contributed by atoms with van der Waals surface area (Å²) < 4.78 is 4.61. The van der Waals surface area contributed by atoms with Crippen LogP contribution in [0.3, 0.4) is 0 Å². The Morgan fingerprint density at radius 3 is 2.58 bits per heavy atom. The van der Waals surface area contributed by atoms with Crippen LogP contribution in [-0.2, 0) is 4.74 Å². The molecule has 0 saturated carbocycles. The summed E-state index contributed by atoms with van der Waals surface area (Å²) in [6.07, 6.45) is 0. The zero-order valence-electron chi connectivity index (χ0n) is 7.55. The number of aryl methyl sites for hydroxylation is 1. The molecule has 0 aliphatic heterocycles. The second-order valence-corrected chi connectivity index (χ2v) is 2.87. The van der Waals surface area contributed by atoms with E-state index >= 15 is 0 Å². The van der Waals surface area contributed by atoms with Gasteiger partial charge < -0.3 is 4.74 Å². The van der Waals surface area contributed by atoms with E-state index in [4.69, 9.17) is 0 Å². The first-order valence-electron chi connectivity index (χ1n) is 3.80. The third-order valence-electron chi connectivity index (χ3n) is 1.64.